The summed E-state index contributed by atoms with van der Waals surface area (Å²) in [4.78, 5) is 34.3. The van der Waals surface area contributed by atoms with E-state index in [-0.39, 0.29) is 12.6 Å². The zero-order chi connectivity index (χ0) is 23.5. The lowest BCUT2D eigenvalue weighted by atomic mass is 10.1. The highest BCUT2D eigenvalue weighted by Gasteiger charge is 2.33. The molecular formula is C23H43O8P. The average molecular weight is 479 g/mol. The van der Waals surface area contributed by atoms with Gasteiger partial charge < -0.3 is 19.3 Å². The van der Waals surface area contributed by atoms with Crippen molar-refractivity contribution < 1.29 is 38.2 Å². The van der Waals surface area contributed by atoms with Crippen LogP contribution in [0.5, 0.6) is 0 Å². The van der Waals surface area contributed by atoms with E-state index in [0.717, 1.165) is 32.1 Å². The number of rotatable bonds is 19. The molecule has 1 saturated heterocycles. The Morgan fingerprint density at radius 1 is 0.938 bits per heavy atom. The molecular weight excluding hydrogens is 435 g/mol. The standard InChI is InChI=1S/C23H43O8P/c1-2-3-4-5-6-7-8-9-10-11-12-13-14-15-16-17-23(24)29-22-20-28-19-18-21(22)30-31-32(25,26)27/h9-10,21-22H,2-8,11-20H2,1H3,(H2,25,26,27)/b10-9-/t21-,22+/m0/s1. The summed E-state index contributed by atoms with van der Waals surface area (Å²) in [6.45, 7) is 2.71. The number of unbranched alkanes of at least 4 members (excludes halogenated alkanes) is 11. The summed E-state index contributed by atoms with van der Waals surface area (Å²) in [5, 5.41) is 0. The summed E-state index contributed by atoms with van der Waals surface area (Å²) < 4.78 is 25.5. The summed E-state index contributed by atoms with van der Waals surface area (Å²) in [6, 6.07) is 0. The van der Waals surface area contributed by atoms with Gasteiger partial charge in [-0.05, 0) is 32.1 Å². The molecule has 188 valence electrons. The van der Waals surface area contributed by atoms with Crippen LogP contribution in [0, 0.1) is 0 Å². The summed E-state index contributed by atoms with van der Waals surface area (Å²) in [5.74, 6) is -0.358. The average Bonchev–Trinajstić information content (AvgIpc) is 2.75. The molecule has 1 aliphatic rings. The second-order valence-electron chi connectivity index (χ2n) is 8.43. The van der Waals surface area contributed by atoms with E-state index in [1.165, 1.54) is 51.4 Å². The molecule has 0 aliphatic carbocycles. The minimum absolute atomic E-state index is 0.118. The molecule has 0 unspecified atom stereocenters. The lowest BCUT2D eigenvalue weighted by Crippen LogP contribution is -2.41. The van der Waals surface area contributed by atoms with Crippen molar-refractivity contribution in [2.24, 2.45) is 0 Å². The summed E-state index contributed by atoms with van der Waals surface area (Å²) >= 11 is 0. The minimum Gasteiger partial charge on any atom is -0.457 e. The summed E-state index contributed by atoms with van der Waals surface area (Å²) in [6.07, 6.45) is 19.3. The maximum atomic E-state index is 12.1. The molecule has 2 N–H and O–H groups in total. The van der Waals surface area contributed by atoms with Crippen LogP contribution in [0.15, 0.2) is 12.2 Å². The van der Waals surface area contributed by atoms with Crippen LogP contribution in [0.25, 0.3) is 0 Å². The van der Waals surface area contributed by atoms with Crippen LogP contribution >= 0.6 is 7.82 Å². The Morgan fingerprint density at radius 3 is 2.16 bits per heavy atom. The maximum absolute atomic E-state index is 12.1. The van der Waals surface area contributed by atoms with E-state index in [4.69, 9.17) is 24.1 Å². The molecule has 1 heterocycles. The molecule has 0 aromatic carbocycles. The molecule has 2 atom stereocenters. The molecule has 9 heteroatoms. The fourth-order valence-corrected chi connectivity index (χ4v) is 3.81. The third kappa shape index (κ3) is 16.8. The monoisotopic (exact) mass is 478 g/mol. The normalized spacial score (nSPS) is 19.5. The highest BCUT2D eigenvalue weighted by molar-refractivity contribution is 7.46. The number of carbonyl (C=O) groups excluding carboxylic acids is 1. The fraction of sp³-hybridized carbons (Fsp3) is 0.870. The number of hydrogen-bond donors (Lipinski definition) is 2. The van der Waals surface area contributed by atoms with Crippen LogP contribution in [0.3, 0.4) is 0 Å². The summed E-state index contributed by atoms with van der Waals surface area (Å²) in [7, 11) is -4.75. The Kier molecular flexibility index (Phi) is 17.1. The zero-order valence-electron chi connectivity index (χ0n) is 19.6. The van der Waals surface area contributed by atoms with Gasteiger partial charge in [0.2, 0.25) is 0 Å². The number of phosphoric acid groups is 1. The molecule has 8 nitrogen and oxygen atoms in total. The van der Waals surface area contributed by atoms with Gasteiger partial charge in [-0.1, -0.05) is 70.4 Å². The van der Waals surface area contributed by atoms with E-state index in [2.05, 4.69) is 23.8 Å². The number of allylic oxidation sites excluding steroid dienone is 2. The third-order valence-electron chi connectivity index (χ3n) is 5.43. The zero-order valence-corrected chi connectivity index (χ0v) is 20.5. The molecule has 0 aromatic heterocycles. The fourth-order valence-electron chi connectivity index (χ4n) is 3.59. The predicted molar refractivity (Wildman–Crippen MR) is 123 cm³/mol. The smallest absolute Gasteiger partial charge is 0.457 e. The van der Waals surface area contributed by atoms with Gasteiger partial charge in [0.05, 0.1) is 6.61 Å². The minimum atomic E-state index is -4.75. The Bertz CT molecular complexity index is 548. The Hall–Kier alpha value is -0.760. The van der Waals surface area contributed by atoms with Gasteiger partial charge in [-0.25, -0.2) is 9.45 Å². The van der Waals surface area contributed by atoms with Crippen LogP contribution < -0.4 is 0 Å². The highest BCUT2D eigenvalue weighted by Crippen LogP contribution is 2.37. The molecule has 0 amide bonds. The van der Waals surface area contributed by atoms with Gasteiger partial charge in [0.15, 0.2) is 6.10 Å². The van der Waals surface area contributed by atoms with Crippen molar-refractivity contribution in [2.45, 2.75) is 115 Å². The predicted octanol–water partition coefficient (Wildman–Crippen LogP) is 5.77. The van der Waals surface area contributed by atoms with E-state index in [1.807, 2.05) is 0 Å². The lowest BCUT2D eigenvalue weighted by molar-refractivity contribution is -0.294. The molecule has 1 fully saturated rings. The van der Waals surface area contributed by atoms with E-state index in [9.17, 15) is 9.36 Å². The van der Waals surface area contributed by atoms with Gasteiger partial charge in [0.25, 0.3) is 0 Å². The number of carbonyl (C=O) groups is 1. The summed E-state index contributed by atoms with van der Waals surface area (Å²) in [5.41, 5.74) is 0. The van der Waals surface area contributed by atoms with Crippen molar-refractivity contribution in [3.63, 3.8) is 0 Å². The molecule has 1 rings (SSSR count). The first-order chi connectivity index (χ1) is 15.4. The van der Waals surface area contributed by atoms with Crippen LogP contribution in [-0.4, -0.2) is 41.2 Å². The maximum Gasteiger partial charge on any atom is 0.496 e. The molecule has 0 bridgehead atoms. The van der Waals surface area contributed by atoms with Gasteiger partial charge in [-0.15, -0.1) is 4.67 Å². The van der Waals surface area contributed by atoms with E-state index in [0.29, 0.717) is 19.4 Å². The topological polar surface area (TPSA) is 112 Å². The lowest BCUT2D eigenvalue weighted by Gasteiger charge is -2.29. The molecule has 1 aliphatic heterocycles. The first-order valence-corrected chi connectivity index (χ1v) is 13.8. The van der Waals surface area contributed by atoms with Crippen LogP contribution in [-0.2, 0) is 28.4 Å². The first-order valence-electron chi connectivity index (χ1n) is 12.2. The van der Waals surface area contributed by atoms with E-state index >= 15 is 0 Å². The second kappa shape index (κ2) is 18.6. The van der Waals surface area contributed by atoms with E-state index in [1.54, 1.807) is 0 Å². The molecule has 0 radical (unpaired) electrons. The van der Waals surface area contributed by atoms with Crippen LogP contribution in [0.4, 0.5) is 0 Å². The Labute approximate surface area is 193 Å². The number of ether oxygens (including phenoxy) is 2. The van der Waals surface area contributed by atoms with Gasteiger partial charge in [0.1, 0.15) is 6.10 Å². The van der Waals surface area contributed by atoms with Crippen molar-refractivity contribution in [3.05, 3.63) is 12.2 Å². The van der Waals surface area contributed by atoms with Gasteiger partial charge in [-0.3, -0.25) is 4.79 Å². The molecule has 0 aromatic rings. The second-order valence-corrected chi connectivity index (χ2v) is 9.56. The van der Waals surface area contributed by atoms with Crippen molar-refractivity contribution in [3.8, 4) is 0 Å². The van der Waals surface area contributed by atoms with Crippen LogP contribution in [0.1, 0.15) is 103 Å². The highest BCUT2D eigenvalue weighted by atomic mass is 31.2. The van der Waals surface area contributed by atoms with Gasteiger partial charge in [-0.2, -0.15) is 0 Å². The van der Waals surface area contributed by atoms with Crippen molar-refractivity contribution in [1.29, 1.82) is 0 Å². The molecule has 32 heavy (non-hydrogen) atoms. The van der Waals surface area contributed by atoms with Crippen LogP contribution in [0.2, 0.25) is 0 Å². The van der Waals surface area contributed by atoms with Gasteiger partial charge >= 0.3 is 13.8 Å². The Balaban J connectivity index is 1.99. The molecule has 0 spiro atoms. The first kappa shape index (κ1) is 29.3. The third-order valence-corrected chi connectivity index (χ3v) is 5.71. The quantitative estimate of drug-likeness (QED) is 0.0601. The largest absolute Gasteiger partial charge is 0.496 e. The molecule has 0 saturated carbocycles. The van der Waals surface area contributed by atoms with E-state index < -0.39 is 20.0 Å². The van der Waals surface area contributed by atoms with Crippen molar-refractivity contribution in [1.82, 2.24) is 0 Å². The van der Waals surface area contributed by atoms with Gasteiger partial charge in [0, 0.05) is 19.4 Å². The van der Waals surface area contributed by atoms with Crippen molar-refractivity contribution >= 4 is 13.8 Å². The Morgan fingerprint density at radius 2 is 1.53 bits per heavy atom. The van der Waals surface area contributed by atoms with Crippen molar-refractivity contribution in [2.75, 3.05) is 13.2 Å². The number of hydrogen-bond acceptors (Lipinski definition) is 6. The number of esters is 1. The SMILES string of the molecule is CCCCCCCC/C=C\CCCCCCCC(=O)O[C@@H]1COCC[C@@H]1OOP(=O)(O)O.